The molecule has 1 aromatic carbocycles. The minimum Gasteiger partial charge on any atom is -0.354 e. The molecule has 0 amide bonds. The third-order valence-electron chi connectivity index (χ3n) is 5.58. The quantitative estimate of drug-likeness (QED) is 0.602. The van der Waals surface area contributed by atoms with E-state index in [2.05, 4.69) is 21.3 Å². The van der Waals surface area contributed by atoms with Crippen molar-refractivity contribution in [3.8, 4) is 17.3 Å². The lowest BCUT2D eigenvalue weighted by Gasteiger charge is -2.40. The van der Waals surface area contributed by atoms with Gasteiger partial charge in [-0.2, -0.15) is 23.5 Å². The van der Waals surface area contributed by atoms with Crippen molar-refractivity contribution in [3.63, 3.8) is 0 Å². The summed E-state index contributed by atoms with van der Waals surface area (Å²) < 4.78 is 52.2. The second-order valence-electron chi connectivity index (χ2n) is 7.59. The van der Waals surface area contributed by atoms with Crippen LogP contribution in [-0.2, 0) is 12.7 Å². The van der Waals surface area contributed by atoms with Crippen molar-refractivity contribution in [2.75, 3.05) is 31.2 Å². The Balaban J connectivity index is 1.46. The number of halogens is 4. The van der Waals surface area contributed by atoms with Crippen LogP contribution in [0.4, 0.5) is 23.4 Å². The van der Waals surface area contributed by atoms with Crippen LogP contribution in [0.25, 0.3) is 11.3 Å². The highest BCUT2D eigenvalue weighted by atomic mass is 19.4. The molecule has 2 aromatic heterocycles. The molecule has 1 aliphatic rings. The van der Waals surface area contributed by atoms with Crippen molar-refractivity contribution in [3.05, 3.63) is 65.5 Å². The average Bonchev–Trinajstić information content (AvgIpc) is 3.27. The normalized spacial score (nSPS) is 17.3. The maximum atomic E-state index is 13.9. The monoisotopic (exact) mass is 444 g/mol. The van der Waals surface area contributed by atoms with Gasteiger partial charge in [-0.25, -0.2) is 9.37 Å². The molecule has 0 spiro atoms. The van der Waals surface area contributed by atoms with Crippen LogP contribution in [0, 0.1) is 11.3 Å². The maximum absolute atomic E-state index is 13.9. The van der Waals surface area contributed by atoms with E-state index < -0.39 is 24.5 Å². The second kappa shape index (κ2) is 8.96. The number of nitriles is 1. The summed E-state index contributed by atoms with van der Waals surface area (Å²) in [5.74, 6) is 0.401. The standard InChI is InChI=1S/C22H20F4N6/c23-9-19-14-32(20-6-5-18(12-28-20)22(24,25)26)8-7-31(19)13-17-11-29-30-21(17)16-3-1-15(10-27)2-4-16/h1-6,11-12,19H,7-9,13-14H2,(H,29,30)/t19-/m0/s1. The lowest BCUT2D eigenvalue weighted by Crippen LogP contribution is -2.54. The number of aromatic nitrogens is 3. The fourth-order valence-electron chi connectivity index (χ4n) is 3.81. The zero-order chi connectivity index (χ0) is 22.7. The highest BCUT2D eigenvalue weighted by Gasteiger charge is 2.32. The molecule has 1 saturated heterocycles. The van der Waals surface area contributed by atoms with Crippen LogP contribution in [-0.4, -0.2) is 52.4 Å². The smallest absolute Gasteiger partial charge is 0.354 e. The highest BCUT2D eigenvalue weighted by molar-refractivity contribution is 5.63. The largest absolute Gasteiger partial charge is 0.417 e. The first-order valence-corrected chi connectivity index (χ1v) is 10.00. The van der Waals surface area contributed by atoms with Gasteiger partial charge >= 0.3 is 6.18 Å². The summed E-state index contributed by atoms with van der Waals surface area (Å²) in [7, 11) is 0. The highest BCUT2D eigenvalue weighted by Crippen LogP contribution is 2.30. The molecule has 10 heteroatoms. The molecule has 166 valence electrons. The number of rotatable bonds is 5. The third-order valence-corrected chi connectivity index (χ3v) is 5.58. The first-order chi connectivity index (χ1) is 15.4. The van der Waals surface area contributed by atoms with Crippen molar-refractivity contribution in [2.45, 2.75) is 18.8 Å². The summed E-state index contributed by atoms with van der Waals surface area (Å²) in [6.45, 7) is 1.23. The van der Waals surface area contributed by atoms with Gasteiger partial charge in [-0.3, -0.25) is 10.00 Å². The van der Waals surface area contributed by atoms with E-state index in [1.54, 1.807) is 23.2 Å². The summed E-state index contributed by atoms with van der Waals surface area (Å²) in [6, 6.07) is 11.1. The van der Waals surface area contributed by atoms with E-state index in [4.69, 9.17) is 5.26 Å². The molecule has 3 heterocycles. The molecule has 1 fully saturated rings. The first kappa shape index (κ1) is 21.8. The molecular formula is C22H20F4N6. The van der Waals surface area contributed by atoms with Crippen molar-refractivity contribution in [1.29, 1.82) is 5.26 Å². The Hall–Kier alpha value is -3.45. The number of hydrogen-bond donors (Lipinski definition) is 1. The number of alkyl halides is 4. The lowest BCUT2D eigenvalue weighted by atomic mass is 10.0. The van der Waals surface area contributed by atoms with Crippen molar-refractivity contribution >= 4 is 5.82 Å². The Morgan fingerprint density at radius 2 is 1.88 bits per heavy atom. The number of H-pyrrole nitrogens is 1. The Labute approximate surface area is 182 Å². The summed E-state index contributed by atoms with van der Waals surface area (Å²) in [6.07, 6.45) is -1.93. The summed E-state index contributed by atoms with van der Waals surface area (Å²) in [5, 5.41) is 16.1. The lowest BCUT2D eigenvalue weighted by molar-refractivity contribution is -0.137. The van der Waals surface area contributed by atoms with Gasteiger partial charge < -0.3 is 4.90 Å². The second-order valence-corrected chi connectivity index (χ2v) is 7.59. The van der Waals surface area contributed by atoms with E-state index in [1.165, 1.54) is 6.07 Å². The van der Waals surface area contributed by atoms with Gasteiger partial charge in [0.2, 0.25) is 0 Å². The topological polar surface area (TPSA) is 71.8 Å². The van der Waals surface area contributed by atoms with E-state index in [-0.39, 0.29) is 0 Å². The van der Waals surface area contributed by atoms with Gasteiger partial charge in [0.25, 0.3) is 0 Å². The molecule has 4 rings (SSSR count). The van der Waals surface area contributed by atoms with Gasteiger partial charge in [-0.1, -0.05) is 12.1 Å². The Kier molecular flexibility index (Phi) is 6.10. The van der Waals surface area contributed by atoms with E-state index >= 15 is 0 Å². The Bertz CT molecular complexity index is 1090. The zero-order valence-electron chi connectivity index (χ0n) is 17.0. The fourth-order valence-corrected chi connectivity index (χ4v) is 3.81. The van der Waals surface area contributed by atoms with Gasteiger partial charge in [-0.05, 0) is 29.8 Å². The molecule has 3 aromatic rings. The van der Waals surface area contributed by atoms with Crippen LogP contribution < -0.4 is 4.90 Å². The molecule has 6 nitrogen and oxygen atoms in total. The van der Waals surface area contributed by atoms with Gasteiger partial charge in [0.15, 0.2) is 0 Å². The van der Waals surface area contributed by atoms with E-state index in [0.29, 0.717) is 37.6 Å². The molecule has 0 saturated carbocycles. The molecule has 0 bridgehead atoms. The maximum Gasteiger partial charge on any atom is 0.417 e. The number of hydrogen-bond acceptors (Lipinski definition) is 5. The fraction of sp³-hybridized carbons (Fsp3) is 0.318. The first-order valence-electron chi connectivity index (χ1n) is 10.00. The van der Waals surface area contributed by atoms with Gasteiger partial charge in [0.05, 0.1) is 35.1 Å². The predicted molar refractivity (Wildman–Crippen MR) is 110 cm³/mol. The summed E-state index contributed by atoms with van der Waals surface area (Å²) >= 11 is 0. The van der Waals surface area contributed by atoms with Crippen molar-refractivity contribution < 1.29 is 17.6 Å². The van der Waals surface area contributed by atoms with Crippen LogP contribution in [0.1, 0.15) is 16.7 Å². The minimum atomic E-state index is -4.44. The molecule has 0 aliphatic carbocycles. The van der Waals surface area contributed by atoms with Crippen LogP contribution in [0.2, 0.25) is 0 Å². The van der Waals surface area contributed by atoms with Gasteiger partial charge in [0, 0.05) is 37.9 Å². The van der Waals surface area contributed by atoms with Crippen molar-refractivity contribution in [1.82, 2.24) is 20.1 Å². The molecule has 32 heavy (non-hydrogen) atoms. The molecule has 1 aliphatic heterocycles. The predicted octanol–water partition coefficient (Wildman–Crippen LogP) is 4.02. The number of anilines is 1. The molecule has 0 unspecified atom stereocenters. The van der Waals surface area contributed by atoms with Crippen LogP contribution in [0.15, 0.2) is 48.8 Å². The number of nitrogens with one attached hydrogen (secondary N) is 1. The van der Waals surface area contributed by atoms with Crippen LogP contribution in [0.3, 0.4) is 0 Å². The average molecular weight is 444 g/mol. The van der Waals surface area contributed by atoms with Crippen LogP contribution in [0.5, 0.6) is 0 Å². The third kappa shape index (κ3) is 4.57. The Morgan fingerprint density at radius 1 is 1.09 bits per heavy atom. The van der Waals surface area contributed by atoms with Gasteiger partial charge in [0.1, 0.15) is 12.5 Å². The number of pyridine rings is 1. The molecular weight excluding hydrogens is 424 g/mol. The molecule has 1 N–H and O–H groups in total. The number of benzene rings is 1. The number of nitrogens with zero attached hydrogens (tertiary/aromatic N) is 5. The minimum absolute atomic E-state index is 0.318. The zero-order valence-corrected chi connectivity index (χ0v) is 17.0. The van der Waals surface area contributed by atoms with Crippen molar-refractivity contribution in [2.24, 2.45) is 0 Å². The number of aromatic amines is 1. The molecule has 1 atom stereocenters. The Morgan fingerprint density at radius 3 is 2.50 bits per heavy atom. The SMILES string of the molecule is N#Cc1ccc(-c2[nH]ncc2CN2CCN(c3ccc(C(F)(F)F)cn3)C[C@@H]2CF)cc1. The van der Waals surface area contributed by atoms with Crippen LogP contribution >= 0.6 is 0 Å². The molecule has 0 radical (unpaired) electrons. The van der Waals surface area contributed by atoms with E-state index in [9.17, 15) is 17.6 Å². The van der Waals surface area contributed by atoms with Gasteiger partial charge in [-0.15, -0.1) is 0 Å². The summed E-state index contributed by atoms with van der Waals surface area (Å²) in [5.41, 5.74) is 2.33. The summed E-state index contributed by atoms with van der Waals surface area (Å²) in [4.78, 5) is 7.74. The number of piperazine rings is 1. The van der Waals surface area contributed by atoms with E-state index in [0.717, 1.165) is 29.1 Å². The van der Waals surface area contributed by atoms with E-state index in [1.807, 2.05) is 17.0 Å².